The van der Waals surface area contributed by atoms with E-state index in [1.807, 2.05) is 0 Å². The molecule has 0 saturated carbocycles. The number of nitrogens with zero attached hydrogens (tertiary/aromatic N) is 3. The normalized spacial score (nSPS) is 11.6. The van der Waals surface area contributed by atoms with E-state index >= 15 is 0 Å². The zero-order valence-electron chi connectivity index (χ0n) is 18.0. The van der Waals surface area contributed by atoms with Crippen molar-refractivity contribution in [2.24, 2.45) is 7.05 Å². The van der Waals surface area contributed by atoms with Gasteiger partial charge in [-0.05, 0) is 18.2 Å². The number of hydrogen-bond donors (Lipinski definition) is 1. The van der Waals surface area contributed by atoms with Gasteiger partial charge in [-0.3, -0.25) is 18.8 Å². The fourth-order valence-electron chi connectivity index (χ4n) is 3.71. The van der Waals surface area contributed by atoms with Crippen molar-refractivity contribution in [2.75, 3.05) is 12.4 Å². The number of fused-ring (bicyclic) bond motifs is 1. The lowest BCUT2D eigenvalue weighted by Gasteiger charge is -2.14. The predicted molar refractivity (Wildman–Crippen MR) is 122 cm³/mol. The summed E-state index contributed by atoms with van der Waals surface area (Å²) in [5, 5.41) is 6.83. The van der Waals surface area contributed by atoms with Gasteiger partial charge >= 0.3 is 6.18 Å². The number of ether oxygens (including phenoxy) is 1. The number of carbonyl (C=O) groups excluding carboxylic acids is 1. The van der Waals surface area contributed by atoms with Gasteiger partial charge in [0.05, 0.1) is 23.1 Å². The number of hydrogen-bond acceptors (Lipinski definition) is 4. The lowest BCUT2D eigenvalue weighted by molar-refractivity contribution is -0.136. The first-order chi connectivity index (χ1) is 16.1. The second kappa shape index (κ2) is 8.86. The maximum atomic E-state index is 13.9. The Hall–Kier alpha value is -3.79. The summed E-state index contributed by atoms with van der Waals surface area (Å²) in [6.07, 6.45) is -4.80. The Morgan fingerprint density at radius 3 is 2.47 bits per heavy atom. The highest BCUT2D eigenvalue weighted by atomic mass is 35.5. The van der Waals surface area contributed by atoms with Crippen molar-refractivity contribution < 1.29 is 22.7 Å². The highest BCUT2D eigenvalue weighted by Crippen LogP contribution is 2.38. The number of carbonyl (C=O) groups is 1. The van der Waals surface area contributed by atoms with Crippen molar-refractivity contribution in [3.8, 4) is 17.0 Å². The van der Waals surface area contributed by atoms with E-state index in [0.717, 1.165) is 4.57 Å². The molecule has 0 aliphatic rings. The van der Waals surface area contributed by atoms with Gasteiger partial charge < -0.3 is 10.1 Å². The third kappa shape index (κ3) is 4.36. The van der Waals surface area contributed by atoms with Crippen LogP contribution in [0.2, 0.25) is 5.02 Å². The molecule has 0 spiro atoms. The summed E-state index contributed by atoms with van der Waals surface area (Å²) < 4.78 is 48.9. The highest BCUT2D eigenvalue weighted by molar-refractivity contribution is 6.32. The summed E-state index contributed by atoms with van der Waals surface area (Å²) in [4.78, 5) is 25.4. The van der Waals surface area contributed by atoms with E-state index in [-0.39, 0.29) is 21.7 Å². The summed E-state index contributed by atoms with van der Waals surface area (Å²) in [6, 6.07) is 13.4. The van der Waals surface area contributed by atoms with Crippen LogP contribution in [-0.4, -0.2) is 27.4 Å². The third-order valence-corrected chi connectivity index (χ3v) is 5.46. The van der Waals surface area contributed by atoms with Gasteiger partial charge in [-0.15, -0.1) is 0 Å². The van der Waals surface area contributed by atoms with E-state index in [2.05, 4.69) is 10.4 Å². The van der Waals surface area contributed by atoms with E-state index in [0.29, 0.717) is 23.1 Å². The number of alkyl halides is 3. The van der Waals surface area contributed by atoms with Gasteiger partial charge in [-0.1, -0.05) is 41.9 Å². The number of anilines is 1. The van der Waals surface area contributed by atoms with Crippen LogP contribution in [0.25, 0.3) is 22.3 Å². The van der Waals surface area contributed by atoms with Crippen molar-refractivity contribution in [3.63, 3.8) is 0 Å². The first kappa shape index (κ1) is 23.4. The Morgan fingerprint density at radius 1 is 1.15 bits per heavy atom. The molecular weight excluding hydrogens is 473 g/mol. The molecule has 4 rings (SSSR count). The number of methoxy groups -OCH3 is 1. The molecule has 2 heterocycles. The zero-order valence-corrected chi connectivity index (χ0v) is 18.7. The molecule has 0 bridgehead atoms. The molecule has 0 atom stereocenters. The van der Waals surface area contributed by atoms with Crippen LogP contribution in [0, 0.1) is 0 Å². The summed E-state index contributed by atoms with van der Waals surface area (Å²) in [7, 11) is 2.87. The monoisotopic (exact) mass is 490 g/mol. The molecule has 7 nitrogen and oxygen atoms in total. The number of aromatic nitrogens is 3. The van der Waals surface area contributed by atoms with E-state index in [4.69, 9.17) is 16.3 Å². The van der Waals surface area contributed by atoms with Crippen LogP contribution in [0.1, 0.15) is 5.56 Å². The number of aryl methyl sites for hydroxylation is 1. The molecule has 176 valence electrons. The second-order valence-corrected chi connectivity index (χ2v) is 7.82. The molecular formula is C23H18ClF3N4O3. The minimum atomic E-state index is -4.80. The van der Waals surface area contributed by atoms with Crippen LogP contribution in [0.4, 0.5) is 18.9 Å². The molecule has 34 heavy (non-hydrogen) atoms. The van der Waals surface area contributed by atoms with Crippen molar-refractivity contribution in [1.29, 1.82) is 0 Å². The van der Waals surface area contributed by atoms with Crippen LogP contribution < -0.4 is 15.6 Å². The topological polar surface area (TPSA) is 78.2 Å². The molecule has 11 heteroatoms. The fourth-order valence-corrected chi connectivity index (χ4v) is 3.97. The predicted octanol–water partition coefficient (Wildman–Crippen LogP) is 4.72. The summed E-state index contributed by atoms with van der Waals surface area (Å²) in [6.45, 7) is -0.537. The Kier molecular flexibility index (Phi) is 6.09. The van der Waals surface area contributed by atoms with Crippen molar-refractivity contribution >= 4 is 34.2 Å². The quantitative estimate of drug-likeness (QED) is 0.439. The number of nitrogens with one attached hydrogen (secondary N) is 1. The van der Waals surface area contributed by atoms with Crippen molar-refractivity contribution in [3.05, 3.63) is 75.5 Å². The first-order valence-electron chi connectivity index (χ1n) is 9.96. The largest absolute Gasteiger partial charge is 0.495 e. The Balaban J connectivity index is 1.81. The van der Waals surface area contributed by atoms with E-state index in [9.17, 15) is 22.8 Å². The van der Waals surface area contributed by atoms with Crippen molar-refractivity contribution in [1.82, 2.24) is 14.3 Å². The molecule has 0 unspecified atom stereocenters. The maximum Gasteiger partial charge on any atom is 0.417 e. The summed E-state index contributed by atoms with van der Waals surface area (Å²) >= 11 is 6.07. The van der Waals surface area contributed by atoms with E-state index in [1.54, 1.807) is 42.5 Å². The maximum absolute atomic E-state index is 13.9. The van der Waals surface area contributed by atoms with Gasteiger partial charge in [0, 0.05) is 24.4 Å². The molecule has 0 aliphatic heterocycles. The van der Waals surface area contributed by atoms with Gasteiger partial charge in [0.2, 0.25) is 5.91 Å². The third-order valence-electron chi connectivity index (χ3n) is 5.17. The number of rotatable bonds is 5. The van der Waals surface area contributed by atoms with Crippen LogP contribution in [0.3, 0.4) is 0 Å². The van der Waals surface area contributed by atoms with Gasteiger partial charge in [0.15, 0.2) is 0 Å². The van der Waals surface area contributed by atoms with Crippen LogP contribution in [0.15, 0.2) is 59.4 Å². The molecule has 0 aliphatic carbocycles. The van der Waals surface area contributed by atoms with E-state index in [1.165, 1.54) is 24.9 Å². The molecule has 0 fully saturated rings. The smallest absolute Gasteiger partial charge is 0.417 e. The molecule has 1 N–H and O–H groups in total. The highest BCUT2D eigenvalue weighted by Gasteiger charge is 2.37. The van der Waals surface area contributed by atoms with Gasteiger partial charge in [0.25, 0.3) is 5.56 Å². The summed E-state index contributed by atoms with van der Waals surface area (Å²) in [5.74, 6) is -0.226. The molecule has 0 radical (unpaired) electrons. The lowest BCUT2D eigenvalue weighted by Crippen LogP contribution is -2.30. The van der Waals surface area contributed by atoms with Crippen LogP contribution >= 0.6 is 11.6 Å². The average molecular weight is 491 g/mol. The van der Waals surface area contributed by atoms with Crippen molar-refractivity contribution in [2.45, 2.75) is 12.7 Å². The van der Waals surface area contributed by atoms with Gasteiger partial charge in [-0.25, -0.2) is 0 Å². The Bertz CT molecular complexity index is 1450. The zero-order chi connectivity index (χ0) is 24.6. The number of benzene rings is 2. The molecule has 2 aromatic carbocycles. The summed E-state index contributed by atoms with van der Waals surface area (Å²) in [5.41, 5.74) is -1.38. The van der Waals surface area contributed by atoms with Crippen LogP contribution in [0.5, 0.6) is 5.75 Å². The number of halogens is 4. The molecule has 4 aromatic rings. The molecule has 0 saturated heterocycles. The fraction of sp³-hybridized carbons (Fsp3) is 0.174. The minimum Gasteiger partial charge on any atom is -0.495 e. The number of amides is 1. The van der Waals surface area contributed by atoms with Crippen LogP contribution in [-0.2, 0) is 24.6 Å². The minimum absolute atomic E-state index is 0.0570. The van der Waals surface area contributed by atoms with E-state index < -0.39 is 29.8 Å². The molecule has 2 aromatic heterocycles. The second-order valence-electron chi connectivity index (χ2n) is 7.41. The van der Waals surface area contributed by atoms with Gasteiger partial charge in [0.1, 0.15) is 23.6 Å². The number of pyridine rings is 1. The first-order valence-corrected chi connectivity index (χ1v) is 10.3. The van der Waals surface area contributed by atoms with Gasteiger partial charge in [-0.2, -0.15) is 18.3 Å². The Morgan fingerprint density at radius 2 is 1.85 bits per heavy atom. The Labute approximate surface area is 196 Å². The molecule has 1 amide bonds. The average Bonchev–Trinajstić information content (AvgIpc) is 3.12. The standard InChI is InChI=1S/C23H18ClF3N4O3/c1-30-22-20(21(29-30)13-6-4-3-5-7-13)15(23(25,26)27)11-19(33)31(22)12-18(32)28-14-8-9-17(34-2)16(24)10-14/h3-11H,12H2,1-2H3,(H,28,32). The SMILES string of the molecule is COc1ccc(NC(=O)Cn2c(=O)cc(C(F)(F)F)c3c(-c4ccccc4)nn(C)c32)cc1Cl. The lowest BCUT2D eigenvalue weighted by atomic mass is 10.0.